The van der Waals surface area contributed by atoms with Crippen molar-refractivity contribution in [3.8, 4) is 0 Å². The van der Waals surface area contributed by atoms with Crippen LogP contribution in [0.1, 0.15) is 5.56 Å². The summed E-state index contributed by atoms with van der Waals surface area (Å²) in [5, 5.41) is 3.01. The fourth-order valence-electron chi connectivity index (χ4n) is 1.62. The van der Waals surface area contributed by atoms with Crippen LogP contribution in [0.15, 0.2) is 36.4 Å². The molecule has 1 amide bonds. The summed E-state index contributed by atoms with van der Waals surface area (Å²) in [6, 6.07) is 7.59. The minimum atomic E-state index is -0.700. The number of benzene rings is 2. The lowest BCUT2D eigenvalue weighted by molar-refractivity contribution is -0.115. The van der Waals surface area contributed by atoms with E-state index in [1.807, 2.05) is 0 Å². The average Bonchev–Trinajstić information content (AvgIpc) is 2.38. The summed E-state index contributed by atoms with van der Waals surface area (Å²) in [5.41, 5.74) is 0.420. The van der Waals surface area contributed by atoms with Crippen LogP contribution in [0.2, 0.25) is 10.0 Å². The molecule has 0 aliphatic rings. The Bertz CT molecular complexity index is 662. The van der Waals surface area contributed by atoms with Crippen molar-refractivity contribution in [2.24, 2.45) is 0 Å². The molecule has 2 rings (SSSR count). The van der Waals surface area contributed by atoms with Crippen LogP contribution in [0.25, 0.3) is 0 Å². The maximum Gasteiger partial charge on any atom is 0.228 e. The van der Waals surface area contributed by atoms with Crippen molar-refractivity contribution in [3.05, 3.63) is 63.6 Å². The lowest BCUT2D eigenvalue weighted by atomic mass is 10.1. The van der Waals surface area contributed by atoms with Gasteiger partial charge in [-0.25, -0.2) is 8.78 Å². The highest BCUT2D eigenvalue weighted by Gasteiger charge is 2.10. The van der Waals surface area contributed by atoms with Gasteiger partial charge in [0.1, 0.15) is 11.6 Å². The van der Waals surface area contributed by atoms with Gasteiger partial charge in [-0.15, -0.1) is 0 Å². The molecule has 6 heteroatoms. The van der Waals surface area contributed by atoms with Crippen LogP contribution >= 0.6 is 23.2 Å². The van der Waals surface area contributed by atoms with E-state index in [1.54, 1.807) is 18.2 Å². The van der Waals surface area contributed by atoms with E-state index in [4.69, 9.17) is 23.2 Å². The third kappa shape index (κ3) is 3.68. The normalized spacial score (nSPS) is 10.4. The van der Waals surface area contributed by atoms with Gasteiger partial charge in [-0.05, 0) is 29.8 Å². The van der Waals surface area contributed by atoms with Crippen molar-refractivity contribution in [3.63, 3.8) is 0 Å². The summed E-state index contributed by atoms with van der Waals surface area (Å²) in [4.78, 5) is 11.8. The first kappa shape index (κ1) is 14.8. The Morgan fingerprint density at radius 3 is 2.50 bits per heavy atom. The Hall–Kier alpha value is -1.65. The number of rotatable bonds is 3. The van der Waals surface area contributed by atoms with Gasteiger partial charge in [0.2, 0.25) is 5.91 Å². The van der Waals surface area contributed by atoms with Crippen LogP contribution in [0.3, 0.4) is 0 Å². The number of anilines is 1. The third-order valence-corrected chi connectivity index (χ3v) is 3.29. The molecule has 0 radical (unpaired) electrons. The van der Waals surface area contributed by atoms with Crippen LogP contribution < -0.4 is 5.32 Å². The summed E-state index contributed by atoms with van der Waals surface area (Å²) in [5.74, 6) is -1.81. The van der Waals surface area contributed by atoms with Crippen molar-refractivity contribution < 1.29 is 13.6 Å². The molecule has 2 aromatic rings. The summed E-state index contributed by atoms with van der Waals surface area (Å²) in [7, 11) is 0. The molecule has 0 unspecified atom stereocenters. The van der Waals surface area contributed by atoms with Crippen molar-refractivity contribution in [2.45, 2.75) is 6.42 Å². The molecule has 0 atom stereocenters. The predicted octanol–water partition coefficient (Wildman–Crippen LogP) is 4.45. The van der Waals surface area contributed by atoms with Crippen LogP contribution in [-0.2, 0) is 11.2 Å². The number of hydrogen-bond acceptors (Lipinski definition) is 1. The third-order valence-electron chi connectivity index (χ3n) is 2.55. The molecule has 0 bridgehead atoms. The number of amides is 1. The van der Waals surface area contributed by atoms with Crippen LogP contribution in [-0.4, -0.2) is 5.91 Å². The molecule has 20 heavy (non-hydrogen) atoms. The molecule has 2 nitrogen and oxygen atoms in total. The molecule has 0 spiro atoms. The number of carbonyl (C=O) groups excluding carboxylic acids is 1. The standard InChI is InChI=1S/C14H9Cl2F2NO/c15-10-3-1-8(5-11(10)16)6-14(20)19-13-7-9(17)2-4-12(13)18/h1-5,7H,6H2,(H,19,20). The van der Waals surface area contributed by atoms with Crippen molar-refractivity contribution in [2.75, 3.05) is 5.32 Å². The fourth-order valence-corrected chi connectivity index (χ4v) is 1.94. The van der Waals surface area contributed by atoms with Gasteiger partial charge in [-0.3, -0.25) is 4.79 Å². The Balaban J connectivity index is 2.09. The molecule has 0 aromatic heterocycles. The van der Waals surface area contributed by atoms with E-state index in [2.05, 4.69) is 5.32 Å². The predicted molar refractivity (Wildman–Crippen MR) is 75.2 cm³/mol. The Morgan fingerprint density at radius 1 is 1.05 bits per heavy atom. The molecule has 0 aliphatic carbocycles. The maximum absolute atomic E-state index is 13.4. The summed E-state index contributed by atoms with van der Waals surface area (Å²) >= 11 is 11.6. The van der Waals surface area contributed by atoms with Crippen molar-refractivity contribution in [1.29, 1.82) is 0 Å². The SMILES string of the molecule is O=C(Cc1ccc(Cl)c(Cl)c1)Nc1cc(F)ccc1F. The molecule has 0 heterocycles. The second-order valence-electron chi connectivity index (χ2n) is 4.10. The average molecular weight is 316 g/mol. The first-order chi connectivity index (χ1) is 9.45. The molecule has 104 valence electrons. The van der Waals surface area contributed by atoms with Gasteiger partial charge in [0, 0.05) is 6.07 Å². The Morgan fingerprint density at radius 2 is 1.80 bits per heavy atom. The van der Waals surface area contributed by atoms with Crippen LogP contribution in [0.5, 0.6) is 0 Å². The van der Waals surface area contributed by atoms with Gasteiger partial charge in [-0.1, -0.05) is 29.3 Å². The second-order valence-corrected chi connectivity index (χ2v) is 4.91. The van der Waals surface area contributed by atoms with Crippen LogP contribution in [0, 0.1) is 11.6 Å². The zero-order chi connectivity index (χ0) is 14.7. The van der Waals surface area contributed by atoms with E-state index in [1.165, 1.54) is 0 Å². The van der Waals surface area contributed by atoms with E-state index >= 15 is 0 Å². The van der Waals surface area contributed by atoms with Crippen LogP contribution in [0.4, 0.5) is 14.5 Å². The molecular weight excluding hydrogens is 307 g/mol. The van der Waals surface area contributed by atoms with Gasteiger partial charge in [0.15, 0.2) is 0 Å². The Labute approximate surface area is 124 Å². The number of hydrogen-bond donors (Lipinski definition) is 1. The molecular formula is C14H9Cl2F2NO. The quantitative estimate of drug-likeness (QED) is 0.890. The van der Waals surface area contributed by atoms with E-state index in [-0.39, 0.29) is 12.1 Å². The minimum absolute atomic E-state index is 0.0210. The highest BCUT2D eigenvalue weighted by Crippen LogP contribution is 2.23. The van der Waals surface area contributed by atoms with E-state index < -0.39 is 17.5 Å². The first-order valence-electron chi connectivity index (χ1n) is 5.64. The Kier molecular flexibility index (Phi) is 4.57. The summed E-state index contributed by atoms with van der Waals surface area (Å²) in [6.45, 7) is 0. The van der Waals surface area contributed by atoms with Gasteiger partial charge < -0.3 is 5.32 Å². The maximum atomic E-state index is 13.4. The molecule has 0 saturated carbocycles. The zero-order valence-electron chi connectivity index (χ0n) is 10.1. The lowest BCUT2D eigenvalue weighted by Crippen LogP contribution is -2.15. The van der Waals surface area contributed by atoms with E-state index in [9.17, 15) is 13.6 Å². The molecule has 0 saturated heterocycles. The van der Waals surface area contributed by atoms with Crippen molar-refractivity contribution >= 4 is 34.8 Å². The summed E-state index contributed by atoms with van der Waals surface area (Å²) < 4.78 is 26.3. The van der Waals surface area contributed by atoms with Gasteiger partial charge in [-0.2, -0.15) is 0 Å². The van der Waals surface area contributed by atoms with Gasteiger partial charge in [0.25, 0.3) is 0 Å². The van der Waals surface area contributed by atoms with E-state index in [0.29, 0.717) is 15.6 Å². The fraction of sp³-hybridized carbons (Fsp3) is 0.0714. The number of carbonyl (C=O) groups is 1. The number of halogens is 4. The van der Waals surface area contributed by atoms with Crippen molar-refractivity contribution in [1.82, 2.24) is 0 Å². The smallest absolute Gasteiger partial charge is 0.228 e. The molecule has 0 fully saturated rings. The molecule has 2 aromatic carbocycles. The van der Waals surface area contributed by atoms with Gasteiger partial charge in [0.05, 0.1) is 22.2 Å². The largest absolute Gasteiger partial charge is 0.323 e. The monoisotopic (exact) mass is 315 g/mol. The topological polar surface area (TPSA) is 29.1 Å². The zero-order valence-corrected chi connectivity index (χ0v) is 11.6. The first-order valence-corrected chi connectivity index (χ1v) is 6.40. The minimum Gasteiger partial charge on any atom is -0.323 e. The highest BCUT2D eigenvalue weighted by atomic mass is 35.5. The molecule has 0 aliphatic heterocycles. The lowest BCUT2D eigenvalue weighted by Gasteiger charge is -2.07. The summed E-state index contributed by atoms with van der Waals surface area (Å²) in [6.07, 6.45) is -0.0210. The highest BCUT2D eigenvalue weighted by molar-refractivity contribution is 6.42. The van der Waals surface area contributed by atoms with Gasteiger partial charge >= 0.3 is 0 Å². The molecule has 1 N–H and O–H groups in total. The second kappa shape index (κ2) is 6.20. The van der Waals surface area contributed by atoms with E-state index in [0.717, 1.165) is 18.2 Å². The number of nitrogens with one attached hydrogen (secondary N) is 1.